The maximum atomic E-state index is 11.7. The van der Waals surface area contributed by atoms with Gasteiger partial charge in [0.25, 0.3) is 5.69 Å². The van der Waals surface area contributed by atoms with Gasteiger partial charge in [-0.3, -0.25) is 10.1 Å². The number of nitro groups is 1. The van der Waals surface area contributed by atoms with E-state index in [2.05, 4.69) is 59.6 Å². The van der Waals surface area contributed by atoms with Crippen molar-refractivity contribution in [2.24, 2.45) is 10.2 Å². The Bertz CT molecular complexity index is 1760. The summed E-state index contributed by atoms with van der Waals surface area (Å²) < 4.78 is 22.3. The number of esters is 2. The van der Waals surface area contributed by atoms with Crippen LogP contribution in [0.25, 0.3) is 0 Å². The normalized spacial score (nSPS) is 10.9. The third-order valence-electron chi connectivity index (χ3n) is 9.30. The first-order valence-corrected chi connectivity index (χ1v) is 20.5. The number of nitrogens with zero attached hydrogens (tertiary/aromatic N) is 4. The molecular formula is C45H61N5O8. The second-order valence-corrected chi connectivity index (χ2v) is 13.9. The third-order valence-corrected chi connectivity index (χ3v) is 9.30. The van der Waals surface area contributed by atoms with Crippen LogP contribution in [0, 0.1) is 17.0 Å². The SMILES string of the molecule is C=CC(=O)OCCOc1cc(Nc2ccc([N+](=O)[O-])cc2)c(OCCOC(=O)C=C)cc1N=Nc1ccc(N(CCCCCCCC)CCCCCCCC)cc1C. The summed E-state index contributed by atoms with van der Waals surface area (Å²) in [6.45, 7) is 15.3. The fraction of sp³-hybridized carbons (Fsp3) is 0.467. The zero-order chi connectivity index (χ0) is 42.0. The van der Waals surface area contributed by atoms with E-state index >= 15 is 0 Å². The van der Waals surface area contributed by atoms with Crippen LogP contribution in [0.3, 0.4) is 0 Å². The van der Waals surface area contributed by atoms with E-state index in [0.717, 1.165) is 43.6 Å². The molecule has 0 unspecified atom stereocenters. The summed E-state index contributed by atoms with van der Waals surface area (Å²) in [6, 6.07) is 15.4. The molecule has 13 heteroatoms. The molecule has 0 aliphatic heterocycles. The predicted octanol–water partition coefficient (Wildman–Crippen LogP) is 11.8. The molecule has 13 nitrogen and oxygen atoms in total. The van der Waals surface area contributed by atoms with Gasteiger partial charge in [-0.25, -0.2) is 9.59 Å². The molecule has 0 fully saturated rings. The molecule has 58 heavy (non-hydrogen) atoms. The average molecular weight is 800 g/mol. The molecule has 3 rings (SSSR count). The number of carbonyl (C=O) groups is 2. The van der Waals surface area contributed by atoms with Crippen molar-refractivity contribution in [2.75, 3.05) is 49.7 Å². The van der Waals surface area contributed by atoms with E-state index in [4.69, 9.17) is 18.9 Å². The molecule has 0 spiro atoms. The van der Waals surface area contributed by atoms with Crippen LogP contribution in [-0.2, 0) is 19.1 Å². The third kappa shape index (κ3) is 17.2. The number of non-ortho nitro benzene ring substituents is 1. The van der Waals surface area contributed by atoms with Gasteiger partial charge in [0, 0.05) is 60.9 Å². The molecule has 0 aliphatic carbocycles. The summed E-state index contributed by atoms with van der Waals surface area (Å²) in [7, 11) is 0. The quantitative estimate of drug-likeness (QED) is 0.0172. The molecule has 314 valence electrons. The number of anilines is 3. The number of rotatable bonds is 30. The van der Waals surface area contributed by atoms with Crippen LogP contribution in [-0.4, -0.2) is 56.4 Å². The summed E-state index contributed by atoms with van der Waals surface area (Å²) >= 11 is 0. The standard InChI is InChI=1S/C45H61N5O8/c1-6-10-12-14-16-18-26-49(27-19-17-15-13-11-7-2)38-24-25-39(35(5)32-38)47-48-41-34-42(55-28-30-57-44(51)8-3)40(33-43(41)56-29-31-58-45(52)9-4)46-36-20-22-37(23-21-36)50(53)54/h8-9,20-25,32-34,46H,3-4,6-7,10-19,26-31H2,1-2,5H3. The number of aryl methyl sites for hydroxylation is 1. The highest BCUT2D eigenvalue weighted by atomic mass is 16.6. The average Bonchev–Trinajstić information content (AvgIpc) is 3.23. The maximum Gasteiger partial charge on any atom is 0.330 e. The lowest BCUT2D eigenvalue weighted by atomic mass is 10.1. The Morgan fingerprint density at radius 3 is 1.78 bits per heavy atom. The molecule has 0 saturated heterocycles. The van der Waals surface area contributed by atoms with Crippen LogP contribution in [0.1, 0.15) is 96.5 Å². The van der Waals surface area contributed by atoms with Gasteiger partial charge in [0.15, 0.2) is 0 Å². The fourth-order valence-electron chi connectivity index (χ4n) is 6.08. The number of hydrogen-bond acceptors (Lipinski definition) is 12. The lowest BCUT2D eigenvalue weighted by Crippen LogP contribution is -2.25. The number of nitrogens with one attached hydrogen (secondary N) is 1. The van der Waals surface area contributed by atoms with Gasteiger partial charge in [-0.05, 0) is 55.7 Å². The van der Waals surface area contributed by atoms with E-state index in [0.29, 0.717) is 34.2 Å². The van der Waals surface area contributed by atoms with Crippen LogP contribution in [0.4, 0.5) is 34.1 Å². The van der Waals surface area contributed by atoms with Crippen molar-refractivity contribution < 1.29 is 33.5 Å². The van der Waals surface area contributed by atoms with Crippen LogP contribution in [0.5, 0.6) is 11.5 Å². The molecule has 0 aliphatic rings. The summed E-state index contributed by atoms with van der Waals surface area (Å²) in [6.07, 6.45) is 17.1. The van der Waals surface area contributed by atoms with Crippen molar-refractivity contribution in [1.82, 2.24) is 0 Å². The highest BCUT2D eigenvalue weighted by Gasteiger charge is 2.16. The summed E-state index contributed by atoms with van der Waals surface area (Å²) in [5.41, 5.74) is 4.04. The Hall–Kier alpha value is -5.72. The summed E-state index contributed by atoms with van der Waals surface area (Å²) in [5.74, 6) is -0.551. The number of azo groups is 1. The number of ether oxygens (including phenoxy) is 4. The lowest BCUT2D eigenvalue weighted by molar-refractivity contribution is -0.384. The van der Waals surface area contributed by atoms with Crippen molar-refractivity contribution in [2.45, 2.75) is 97.8 Å². The molecule has 0 atom stereocenters. The van der Waals surface area contributed by atoms with Crippen LogP contribution >= 0.6 is 0 Å². The van der Waals surface area contributed by atoms with Crippen molar-refractivity contribution >= 4 is 46.1 Å². The first kappa shape index (κ1) is 46.7. The molecule has 0 saturated carbocycles. The highest BCUT2D eigenvalue weighted by Crippen LogP contribution is 2.41. The van der Waals surface area contributed by atoms with Crippen molar-refractivity contribution in [1.29, 1.82) is 0 Å². The van der Waals surface area contributed by atoms with Gasteiger partial charge in [0.1, 0.15) is 43.6 Å². The Morgan fingerprint density at radius 1 is 0.707 bits per heavy atom. The maximum absolute atomic E-state index is 11.7. The van der Waals surface area contributed by atoms with E-state index in [1.807, 2.05) is 13.0 Å². The number of hydrogen-bond donors (Lipinski definition) is 1. The second-order valence-electron chi connectivity index (χ2n) is 13.9. The number of benzene rings is 3. The zero-order valence-corrected chi connectivity index (χ0v) is 34.5. The van der Waals surface area contributed by atoms with Crippen molar-refractivity contribution in [3.63, 3.8) is 0 Å². The molecule has 0 radical (unpaired) electrons. The zero-order valence-electron chi connectivity index (χ0n) is 34.5. The topological polar surface area (TPSA) is 154 Å². The summed E-state index contributed by atoms with van der Waals surface area (Å²) in [5, 5.41) is 23.7. The fourth-order valence-corrected chi connectivity index (χ4v) is 6.08. The largest absolute Gasteiger partial charge is 0.488 e. The van der Waals surface area contributed by atoms with Crippen LogP contribution in [0.15, 0.2) is 90.1 Å². The van der Waals surface area contributed by atoms with E-state index in [-0.39, 0.29) is 32.1 Å². The number of carbonyl (C=O) groups excluding carboxylic acids is 2. The molecule has 0 heterocycles. The van der Waals surface area contributed by atoms with Gasteiger partial charge < -0.3 is 29.2 Å². The minimum absolute atomic E-state index is 0.00243. The Balaban J connectivity index is 1.93. The van der Waals surface area contributed by atoms with E-state index in [9.17, 15) is 19.7 Å². The van der Waals surface area contributed by atoms with Gasteiger partial charge in [0.05, 0.1) is 16.3 Å². The molecule has 3 aromatic carbocycles. The molecule has 1 N–H and O–H groups in total. The molecule has 3 aromatic rings. The molecule has 0 amide bonds. The van der Waals surface area contributed by atoms with Crippen molar-refractivity contribution in [3.8, 4) is 11.5 Å². The Morgan fingerprint density at radius 2 is 1.24 bits per heavy atom. The van der Waals surface area contributed by atoms with Gasteiger partial charge in [-0.15, -0.1) is 5.11 Å². The highest BCUT2D eigenvalue weighted by molar-refractivity contribution is 5.81. The molecule has 0 aromatic heterocycles. The number of unbranched alkanes of at least 4 members (excludes halogenated alkanes) is 10. The smallest absolute Gasteiger partial charge is 0.330 e. The van der Waals surface area contributed by atoms with Gasteiger partial charge in [-0.1, -0.05) is 91.2 Å². The monoisotopic (exact) mass is 799 g/mol. The van der Waals surface area contributed by atoms with Crippen molar-refractivity contribution in [3.05, 3.63) is 95.6 Å². The van der Waals surface area contributed by atoms with Gasteiger partial charge >= 0.3 is 11.9 Å². The first-order valence-electron chi connectivity index (χ1n) is 20.5. The molecule has 0 bridgehead atoms. The lowest BCUT2D eigenvalue weighted by Gasteiger charge is -2.26. The van der Waals surface area contributed by atoms with E-state index in [1.165, 1.54) is 82.0 Å². The molecular weight excluding hydrogens is 739 g/mol. The van der Waals surface area contributed by atoms with Gasteiger partial charge in [0.2, 0.25) is 0 Å². The summed E-state index contributed by atoms with van der Waals surface area (Å²) in [4.78, 5) is 36.6. The minimum atomic E-state index is -0.586. The van der Waals surface area contributed by atoms with Gasteiger partial charge in [-0.2, -0.15) is 5.11 Å². The van der Waals surface area contributed by atoms with E-state index in [1.54, 1.807) is 24.3 Å². The van der Waals surface area contributed by atoms with E-state index < -0.39 is 16.9 Å². The Labute approximate surface area is 343 Å². The predicted molar refractivity (Wildman–Crippen MR) is 230 cm³/mol. The van der Waals surface area contributed by atoms with Crippen LogP contribution < -0.4 is 19.7 Å². The first-order chi connectivity index (χ1) is 28.2. The Kier molecular flexibility index (Phi) is 21.7. The van der Waals surface area contributed by atoms with Crippen LogP contribution in [0.2, 0.25) is 0 Å². The second kappa shape index (κ2) is 27.0. The number of nitro benzene ring substituents is 1. The minimum Gasteiger partial charge on any atom is -0.488 e.